The van der Waals surface area contributed by atoms with E-state index in [-0.39, 0.29) is 29.4 Å². The van der Waals surface area contributed by atoms with E-state index in [2.05, 4.69) is 19.2 Å². The Bertz CT molecular complexity index is 450. The van der Waals surface area contributed by atoms with Crippen LogP contribution in [0.1, 0.15) is 46.5 Å². The van der Waals surface area contributed by atoms with Crippen LogP contribution in [0, 0.1) is 0 Å². The Hall–Kier alpha value is -0.950. The third-order valence-corrected chi connectivity index (χ3v) is 7.23. The molecule has 138 valence electrons. The summed E-state index contributed by atoms with van der Waals surface area (Å²) in [5, 5.41) is 12.1. The van der Waals surface area contributed by atoms with Crippen molar-refractivity contribution in [3.8, 4) is 0 Å². The molecule has 0 atom stereocenters. The van der Waals surface area contributed by atoms with E-state index >= 15 is 0 Å². The number of nitrogens with zero attached hydrogens (tertiary/aromatic N) is 2. The first-order valence-electron chi connectivity index (χ1n) is 9.08. The SMILES string of the molecule is CCN(CC(=O)O)C1CC(NC(=O)N2CCSC(CC)(CC)C2)C1. The van der Waals surface area contributed by atoms with Crippen molar-refractivity contribution in [1.82, 2.24) is 15.1 Å². The predicted octanol–water partition coefficient (Wildman–Crippen LogP) is 2.24. The quantitative estimate of drug-likeness (QED) is 0.731. The maximum Gasteiger partial charge on any atom is 0.317 e. The number of hydrogen-bond donors (Lipinski definition) is 2. The van der Waals surface area contributed by atoms with Crippen LogP contribution in [-0.2, 0) is 4.79 Å². The summed E-state index contributed by atoms with van der Waals surface area (Å²) in [7, 11) is 0. The minimum atomic E-state index is -0.786. The number of rotatable bonds is 7. The van der Waals surface area contributed by atoms with Gasteiger partial charge in [0.2, 0.25) is 0 Å². The Labute approximate surface area is 149 Å². The van der Waals surface area contributed by atoms with Gasteiger partial charge in [0.1, 0.15) is 0 Å². The monoisotopic (exact) mass is 357 g/mol. The molecule has 0 unspecified atom stereocenters. The van der Waals surface area contributed by atoms with E-state index in [1.807, 2.05) is 28.5 Å². The number of carboxylic acid groups (broad SMARTS) is 1. The maximum atomic E-state index is 12.5. The molecule has 1 aliphatic carbocycles. The summed E-state index contributed by atoms with van der Waals surface area (Å²) in [4.78, 5) is 27.4. The minimum Gasteiger partial charge on any atom is -0.480 e. The van der Waals surface area contributed by atoms with Gasteiger partial charge in [0.15, 0.2) is 0 Å². The van der Waals surface area contributed by atoms with Crippen LogP contribution in [0.2, 0.25) is 0 Å². The highest BCUT2D eigenvalue weighted by molar-refractivity contribution is 8.00. The molecule has 2 amide bonds. The number of urea groups is 1. The maximum absolute atomic E-state index is 12.5. The topological polar surface area (TPSA) is 72.9 Å². The Morgan fingerprint density at radius 3 is 2.50 bits per heavy atom. The first-order chi connectivity index (χ1) is 11.4. The van der Waals surface area contributed by atoms with Crippen molar-refractivity contribution in [2.75, 3.05) is 31.9 Å². The zero-order valence-electron chi connectivity index (χ0n) is 15.1. The van der Waals surface area contributed by atoms with E-state index in [0.29, 0.717) is 0 Å². The summed E-state index contributed by atoms with van der Waals surface area (Å²) < 4.78 is 0.207. The lowest BCUT2D eigenvalue weighted by Crippen LogP contribution is -2.59. The number of carboxylic acids is 1. The number of carbonyl (C=O) groups excluding carboxylic acids is 1. The summed E-state index contributed by atoms with van der Waals surface area (Å²) in [6.45, 7) is 8.85. The molecule has 1 aliphatic heterocycles. The van der Waals surface area contributed by atoms with Crippen molar-refractivity contribution in [3.63, 3.8) is 0 Å². The average Bonchev–Trinajstić information content (AvgIpc) is 2.55. The van der Waals surface area contributed by atoms with E-state index in [1.54, 1.807) is 0 Å². The molecule has 2 rings (SSSR count). The number of likely N-dealkylation sites (N-methyl/N-ethyl adjacent to an activating group) is 1. The van der Waals surface area contributed by atoms with Crippen molar-refractivity contribution in [2.24, 2.45) is 0 Å². The standard InChI is InChI=1S/C17H31N3O3S/c1-4-17(5-2)12-20(7-8-24-17)16(23)18-13-9-14(10-13)19(6-3)11-15(21)22/h13-14H,4-12H2,1-3H3,(H,18,23)(H,21,22). The average molecular weight is 358 g/mol. The molecule has 24 heavy (non-hydrogen) atoms. The summed E-state index contributed by atoms with van der Waals surface area (Å²) >= 11 is 2.00. The zero-order chi connectivity index (χ0) is 17.7. The van der Waals surface area contributed by atoms with Crippen LogP contribution < -0.4 is 5.32 Å². The fraction of sp³-hybridized carbons (Fsp3) is 0.882. The highest BCUT2D eigenvalue weighted by atomic mass is 32.2. The molecule has 2 N–H and O–H groups in total. The summed E-state index contributed by atoms with van der Waals surface area (Å²) in [5.74, 6) is 0.218. The van der Waals surface area contributed by atoms with Crippen molar-refractivity contribution in [3.05, 3.63) is 0 Å². The third-order valence-electron chi connectivity index (χ3n) is 5.53. The second-order valence-corrected chi connectivity index (χ2v) is 8.45. The van der Waals surface area contributed by atoms with Crippen LogP contribution in [0.4, 0.5) is 4.79 Å². The molecule has 7 heteroatoms. The fourth-order valence-electron chi connectivity index (χ4n) is 3.64. The molecule has 0 aromatic carbocycles. The number of carbonyl (C=O) groups is 2. The van der Waals surface area contributed by atoms with E-state index in [1.165, 1.54) is 0 Å². The van der Waals surface area contributed by atoms with E-state index < -0.39 is 5.97 Å². The number of amides is 2. The Balaban J connectivity index is 1.79. The van der Waals surface area contributed by atoms with Crippen molar-refractivity contribution < 1.29 is 14.7 Å². The predicted molar refractivity (Wildman–Crippen MR) is 97.6 cm³/mol. The van der Waals surface area contributed by atoms with Gasteiger partial charge in [0.25, 0.3) is 0 Å². The molecule has 0 spiro atoms. The molecular formula is C17H31N3O3S. The lowest BCUT2D eigenvalue weighted by molar-refractivity contribution is -0.139. The number of thioether (sulfide) groups is 1. The van der Waals surface area contributed by atoms with E-state index in [0.717, 1.165) is 51.1 Å². The van der Waals surface area contributed by atoms with Crippen LogP contribution in [0.5, 0.6) is 0 Å². The van der Waals surface area contributed by atoms with Gasteiger partial charge < -0.3 is 15.3 Å². The van der Waals surface area contributed by atoms with Crippen LogP contribution >= 0.6 is 11.8 Å². The van der Waals surface area contributed by atoms with Gasteiger partial charge in [-0.25, -0.2) is 4.79 Å². The zero-order valence-corrected chi connectivity index (χ0v) is 15.9. The van der Waals surface area contributed by atoms with Crippen LogP contribution in [0.15, 0.2) is 0 Å². The van der Waals surface area contributed by atoms with E-state index in [4.69, 9.17) is 5.11 Å². The Morgan fingerprint density at radius 1 is 1.29 bits per heavy atom. The summed E-state index contributed by atoms with van der Waals surface area (Å²) in [6, 6.07) is 0.502. The number of aliphatic carboxylic acids is 1. The largest absolute Gasteiger partial charge is 0.480 e. The molecule has 1 heterocycles. The lowest BCUT2D eigenvalue weighted by Gasteiger charge is -2.45. The number of hydrogen-bond acceptors (Lipinski definition) is 4. The smallest absolute Gasteiger partial charge is 0.317 e. The van der Waals surface area contributed by atoms with Crippen molar-refractivity contribution in [2.45, 2.75) is 63.3 Å². The van der Waals surface area contributed by atoms with Crippen molar-refractivity contribution >= 4 is 23.8 Å². The fourth-order valence-corrected chi connectivity index (χ4v) is 5.04. The second-order valence-electron chi connectivity index (χ2n) is 6.89. The van der Waals surface area contributed by atoms with Gasteiger partial charge in [-0.15, -0.1) is 0 Å². The first-order valence-corrected chi connectivity index (χ1v) is 10.1. The first kappa shape index (κ1) is 19.4. The molecule has 0 aromatic heterocycles. The van der Waals surface area contributed by atoms with E-state index in [9.17, 15) is 9.59 Å². The Kier molecular flexibility index (Phi) is 6.80. The highest BCUT2D eigenvalue weighted by Crippen LogP contribution is 2.36. The van der Waals surface area contributed by atoms with Crippen LogP contribution in [0.25, 0.3) is 0 Å². The van der Waals surface area contributed by atoms with Crippen LogP contribution in [-0.4, -0.2) is 75.7 Å². The molecular weight excluding hydrogens is 326 g/mol. The lowest BCUT2D eigenvalue weighted by atomic mass is 9.85. The highest BCUT2D eigenvalue weighted by Gasteiger charge is 2.38. The molecule has 0 aromatic rings. The summed E-state index contributed by atoms with van der Waals surface area (Å²) in [6.07, 6.45) is 3.87. The van der Waals surface area contributed by atoms with Crippen LogP contribution in [0.3, 0.4) is 0 Å². The van der Waals surface area contributed by atoms with Gasteiger partial charge in [-0.3, -0.25) is 9.69 Å². The Morgan fingerprint density at radius 2 is 1.96 bits per heavy atom. The van der Waals surface area contributed by atoms with Gasteiger partial charge in [-0.2, -0.15) is 11.8 Å². The molecule has 0 radical (unpaired) electrons. The molecule has 1 saturated heterocycles. The van der Waals surface area contributed by atoms with Gasteiger partial charge in [0.05, 0.1) is 6.54 Å². The minimum absolute atomic E-state index is 0.0475. The van der Waals surface area contributed by atoms with Gasteiger partial charge in [-0.1, -0.05) is 20.8 Å². The second kappa shape index (κ2) is 8.43. The molecule has 0 bridgehead atoms. The normalized spacial score (nSPS) is 26.1. The van der Waals surface area contributed by atoms with Gasteiger partial charge in [-0.05, 0) is 32.2 Å². The van der Waals surface area contributed by atoms with Gasteiger partial charge in [0, 0.05) is 35.7 Å². The van der Waals surface area contributed by atoms with Crippen molar-refractivity contribution in [1.29, 1.82) is 0 Å². The molecule has 2 aliphatic rings. The number of nitrogens with one attached hydrogen (secondary N) is 1. The molecule has 2 fully saturated rings. The van der Waals surface area contributed by atoms with Gasteiger partial charge >= 0.3 is 12.0 Å². The third kappa shape index (κ3) is 4.57. The summed E-state index contributed by atoms with van der Waals surface area (Å²) in [5.41, 5.74) is 0. The molecule has 1 saturated carbocycles. The molecule has 6 nitrogen and oxygen atoms in total.